The monoisotopic (exact) mass is 323 g/mol. The van der Waals surface area contributed by atoms with Gasteiger partial charge >= 0.3 is 6.01 Å². The summed E-state index contributed by atoms with van der Waals surface area (Å²) >= 11 is 12.1. The van der Waals surface area contributed by atoms with Crippen LogP contribution in [-0.4, -0.2) is 19.7 Å². The van der Waals surface area contributed by atoms with Crippen molar-refractivity contribution in [1.29, 1.82) is 0 Å². The number of rotatable bonds is 4. The maximum atomic E-state index is 6.11. The Balaban J connectivity index is 1.73. The molecule has 21 heavy (non-hydrogen) atoms. The van der Waals surface area contributed by atoms with Crippen LogP contribution in [0.5, 0.6) is 0 Å². The lowest BCUT2D eigenvalue weighted by Crippen LogP contribution is -2.00. The standard InChI is InChI=1S/C13H11Cl2N5O/c1-20-6-5-16-12(20)11-18-13(21-19-11)17-7-8-3-2-4-9(14)10(8)15/h2-6H,7H2,1H3,(H,17,18,19). The molecule has 0 radical (unpaired) electrons. The number of benzene rings is 1. The molecule has 108 valence electrons. The van der Waals surface area contributed by atoms with Gasteiger partial charge in [-0.2, -0.15) is 4.98 Å². The van der Waals surface area contributed by atoms with Crippen molar-refractivity contribution in [2.45, 2.75) is 6.54 Å². The van der Waals surface area contributed by atoms with E-state index in [2.05, 4.69) is 20.4 Å². The SMILES string of the molecule is Cn1ccnc1-c1noc(NCc2cccc(Cl)c2Cl)n1. The Morgan fingerprint density at radius 3 is 2.95 bits per heavy atom. The zero-order valence-electron chi connectivity index (χ0n) is 11.0. The maximum absolute atomic E-state index is 6.11. The number of imidazole rings is 1. The highest BCUT2D eigenvalue weighted by Gasteiger charge is 2.12. The Bertz CT molecular complexity index is 768. The van der Waals surface area contributed by atoms with E-state index in [0.717, 1.165) is 5.56 Å². The molecule has 3 aromatic rings. The maximum Gasteiger partial charge on any atom is 0.322 e. The summed E-state index contributed by atoms with van der Waals surface area (Å²) in [6.07, 6.45) is 3.48. The van der Waals surface area contributed by atoms with E-state index in [-0.39, 0.29) is 0 Å². The first kappa shape index (κ1) is 13.9. The van der Waals surface area contributed by atoms with Crippen molar-refractivity contribution in [3.05, 3.63) is 46.2 Å². The van der Waals surface area contributed by atoms with Crippen molar-refractivity contribution in [3.8, 4) is 11.6 Å². The molecule has 0 spiro atoms. The summed E-state index contributed by atoms with van der Waals surface area (Å²) in [6.45, 7) is 0.432. The van der Waals surface area contributed by atoms with Crippen LogP contribution in [0.2, 0.25) is 10.0 Å². The van der Waals surface area contributed by atoms with Crippen LogP contribution in [0, 0.1) is 0 Å². The largest absolute Gasteiger partial charge is 0.334 e. The van der Waals surface area contributed by atoms with Gasteiger partial charge in [0, 0.05) is 26.0 Å². The Labute approximate surface area is 130 Å². The summed E-state index contributed by atoms with van der Waals surface area (Å²) in [5, 5.41) is 7.91. The van der Waals surface area contributed by atoms with Gasteiger partial charge in [-0.05, 0) is 11.6 Å². The molecule has 0 amide bonds. The van der Waals surface area contributed by atoms with Gasteiger partial charge in [0.15, 0.2) is 5.82 Å². The number of aryl methyl sites for hydroxylation is 1. The van der Waals surface area contributed by atoms with Crippen molar-refractivity contribution < 1.29 is 4.52 Å². The molecule has 0 aliphatic heterocycles. The second kappa shape index (κ2) is 5.75. The highest BCUT2D eigenvalue weighted by atomic mass is 35.5. The molecule has 0 atom stereocenters. The molecular formula is C13H11Cl2N5O. The number of hydrogen-bond acceptors (Lipinski definition) is 5. The summed E-state index contributed by atoms with van der Waals surface area (Å²) in [5.74, 6) is 1.05. The predicted octanol–water partition coefficient (Wildman–Crippen LogP) is 3.39. The molecule has 2 aromatic heterocycles. The Morgan fingerprint density at radius 1 is 1.33 bits per heavy atom. The first-order valence-electron chi connectivity index (χ1n) is 6.13. The van der Waals surface area contributed by atoms with Crippen LogP contribution in [0.3, 0.4) is 0 Å². The number of nitrogens with zero attached hydrogens (tertiary/aromatic N) is 4. The number of aromatic nitrogens is 4. The molecular weight excluding hydrogens is 313 g/mol. The molecule has 3 rings (SSSR count). The van der Waals surface area contributed by atoms with Gasteiger partial charge in [-0.3, -0.25) is 0 Å². The van der Waals surface area contributed by atoms with Crippen LogP contribution >= 0.6 is 23.2 Å². The molecule has 8 heteroatoms. The number of hydrogen-bond donors (Lipinski definition) is 1. The minimum absolute atomic E-state index is 0.295. The third-order valence-electron chi connectivity index (χ3n) is 2.91. The topological polar surface area (TPSA) is 68.8 Å². The van der Waals surface area contributed by atoms with E-state index in [9.17, 15) is 0 Å². The molecule has 2 heterocycles. The molecule has 0 aliphatic rings. The summed E-state index contributed by atoms with van der Waals surface area (Å²) in [5.41, 5.74) is 0.848. The molecule has 0 fully saturated rings. The van der Waals surface area contributed by atoms with Crippen LogP contribution in [0.4, 0.5) is 6.01 Å². The molecule has 0 unspecified atom stereocenters. The quantitative estimate of drug-likeness (QED) is 0.797. The molecule has 0 saturated heterocycles. The predicted molar refractivity (Wildman–Crippen MR) is 80.3 cm³/mol. The van der Waals surface area contributed by atoms with Gasteiger partial charge < -0.3 is 14.4 Å². The zero-order valence-corrected chi connectivity index (χ0v) is 12.6. The molecule has 6 nitrogen and oxygen atoms in total. The van der Waals surface area contributed by atoms with E-state index >= 15 is 0 Å². The number of nitrogens with one attached hydrogen (secondary N) is 1. The number of halogens is 2. The Hall–Kier alpha value is -2.05. The summed E-state index contributed by atoms with van der Waals surface area (Å²) in [7, 11) is 1.86. The van der Waals surface area contributed by atoms with Crippen LogP contribution in [0.1, 0.15) is 5.56 Å². The molecule has 0 bridgehead atoms. The molecule has 1 aromatic carbocycles. The van der Waals surface area contributed by atoms with E-state index in [4.69, 9.17) is 27.7 Å². The normalized spacial score (nSPS) is 10.8. The highest BCUT2D eigenvalue weighted by molar-refractivity contribution is 6.42. The van der Waals surface area contributed by atoms with Crippen LogP contribution < -0.4 is 5.32 Å². The van der Waals surface area contributed by atoms with Gasteiger partial charge in [0.2, 0.25) is 5.82 Å². The van der Waals surface area contributed by atoms with Gasteiger partial charge in [0.25, 0.3) is 0 Å². The van der Waals surface area contributed by atoms with Crippen LogP contribution in [0.15, 0.2) is 35.1 Å². The lowest BCUT2D eigenvalue weighted by Gasteiger charge is -2.05. The lowest BCUT2D eigenvalue weighted by atomic mass is 10.2. The summed E-state index contributed by atoms with van der Waals surface area (Å²) in [6, 6.07) is 5.73. The van der Waals surface area contributed by atoms with Crippen molar-refractivity contribution in [3.63, 3.8) is 0 Å². The van der Waals surface area contributed by atoms with E-state index < -0.39 is 0 Å². The lowest BCUT2D eigenvalue weighted by molar-refractivity contribution is 0.431. The first-order valence-corrected chi connectivity index (χ1v) is 6.89. The second-order valence-electron chi connectivity index (χ2n) is 4.35. The minimum Gasteiger partial charge on any atom is -0.334 e. The summed E-state index contributed by atoms with van der Waals surface area (Å²) < 4.78 is 6.94. The fraction of sp³-hybridized carbons (Fsp3) is 0.154. The molecule has 1 N–H and O–H groups in total. The highest BCUT2D eigenvalue weighted by Crippen LogP contribution is 2.26. The average molecular weight is 324 g/mol. The zero-order chi connectivity index (χ0) is 14.8. The second-order valence-corrected chi connectivity index (χ2v) is 5.14. The van der Waals surface area contributed by atoms with Gasteiger partial charge in [0.05, 0.1) is 10.0 Å². The fourth-order valence-electron chi connectivity index (χ4n) is 1.82. The van der Waals surface area contributed by atoms with Crippen molar-refractivity contribution in [1.82, 2.24) is 19.7 Å². The van der Waals surface area contributed by atoms with Crippen molar-refractivity contribution in [2.24, 2.45) is 7.05 Å². The van der Waals surface area contributed by atoms with Gasteiger partial charge in [-0.25, -0.2) is 4.98 Å². The van der Waals surface area contributed by atoms with E-state index in [0.29, 0.717) is 34.3 Å². The summed E-state index contributed by atoms with van der Waals surface area (Å²) in [4.78, 5) is 8.39. The third-order valence-corrected chi connectivity index (χ3v) is 3.77. The smallest absolute Gasteiger partial charge is 0.322 e. The Kier molecular flexibility index (Phi) is 3.81. The average Bonchev–Trinajstić information content (AvgIpc) is 3.09. The van der Waals surface area contributed by atoms with Crippen LogP contribution in [-0.2, 0) is 13.6 Å². The van der Waals surface area contributed by atoms with E-state index in [1.807, 2.05) is 29.9 Å². The minimum atomic E-state index is 0.295. The fourth-order valence-corrected chi connectivity index (χ4v) is 2.21. The first-order chi connectivity index (χ1) is 10.1. The number of anilines is 1. The van der Waals surface area contributed by atoms with Crippen molar-refractivity contribution >= 4 is 29.2 Å². The van der Waals surface area contributed by atoms with Gasteiger partial charge in [0.1, 0.15) is 0 Å². The van der Waals surface area contributed by atoms with E-state index in [1.54, 1.807) is 12.3 Å². The van der Waals surface area contributed by atoms with Gasteiger partial charge in [-0.15, -0.1) is 0 Å². The third kappa shape index (κ3) is 2.86. The molecule has 0 saturated carbocycles. The Morgan fingerprint density at radius 2 is 2.19 bits per heavy atom. The van der Waals surface area contributed by atoms with Crippen molar-refractivity contribution in [2.75, 3.05) is 5.32 Å². The van der Waals surface area contributed by atoms with E-state index in [1.165, 1.54) is 0 Å². The molecule has 0 aliphatic carbocycles. The van der Waals surface area contributed by atoms with Crippen LogP contribution in [0.25, 0.3) is 11.6 Å². The van der Waals surface area contributed by atoms with Gasteiger partial charge in [-0.1, -0.05) is 40.5 Å².